The second-order valence-electron chi connectivity index (χ2n) is 3.96. The standard InChI is InChI=1S/C15H17N2O4/c1-4-11(3)21-15(19)12-8-6-7-9-13(12)17-16-10-14(18)20-5-2/h4,6-11H,1,5H2,2-3H3/q+1/b16-10+,17-13+. The molecule has 0 bridgehead atoms. The second-order valence-corrected chi connectivity index (χ2v) is 3.96. The smallest absolute Gasteiger partial charge is 0.399 e. The molecule has 0 aromatic heterocycles. The van der Waals surface area contributed by atoms with Crippen LogP contribution in [0.3, 0.4) is 0 Å². The Labute approximate surface area is 123 Å². The van der Waals surface area contributed by atoms with Gasteiger partial charge in [-0.05, 0) is 13.8 Å². The highest BCUT2D eigenvalue weighted by atomic mass is 16.5. The number of hydrogen-bond acceptors (Lipinski definition) is 6. The van der Waals surface area contributed by atoms with Gasteiger partial charge in [0.1, 0.15) is 12.3 Å². The molecule has 0 saturated carbocycles. The van der Waals surface area contributed by atoms with Crippen molar-refractivity contribution in [1.82, 2.24) is 0 Å². The van der Waals surface area contributed by atoms with Gasteiger partial charge in [-0.15, -0.1) is 10.2 Å². The molecule has 1 aliphatic rings. The van der Waals surface area contributed by atoms with Crippen LogP contribution in [0.15, 0.2) is 46.7 Å². The quantitative estimate of drug-likeness (QED) is 0.245. The summed E-state index contributed by atoms with van der Waals surface area (Å²) >= 11 is 0. The van der Waals surface area contributed by atoms with Gasteiger partial charge in [0.25, 0.3) is 0 Å². The molecule has 0 radical (unpaired) electrons. The molecule has 6 nitrogen and oxygen atoms in total. The molecule has 0 aromatic rings. The maximum atomic E-state index is 12.0. The third-order valence-electron chi connectivity index (χ3n) is 2.36. The van der Waals surface area contributed by atoms with Gasteiger partial charge < -0.3 is 9.47 Å². The molecule has 0 amide bonds. The SMILES string of the molecule is C=CC(C)OC(=O)C1=C[CH+]C=C/C1=N\N=C\C(=O)OCC. The highest BCUT2D eigenvalue weighted by Crippen LogP contribution is 2.12. The third-order valence-corrected chi connectivity index (χ3v) is 2.36. The van der Waals surface area contributed by atoms with Gasteiger partial charge in [0, 0.05) is 6.42 Å². The van der Waals surface area contributed by atoms with E-state index in [1.54, 1.807) is 38.5 Å². The average molecular weight is 289 g/mol. The Hall–Kier alpha value is -2.63. The van der Waals surface area contributed by atoms with Crippen molar-refractivity contribution in [2.45, 2.75) is 20.0 Å². The van der Waals surface area contributed by atoms with Crippen LogP contribution in [0.1, 0.15) is 13.8 Å². The van der Waals surface area contributed by atoms with E-state index in [1.807, 2.05) is 0 Å². The molecular weight excluding hydrogens is 272 g/mol. The summed E-state index contributed by atoms with van der Waals surface area (Å²) in [5.41, 5.74) is 0.562. The number of esters is 2. The van der Waals surface area contributed by atoms with Gasteiger partial charge in [0.2, 0.25) is 5.71 Å². The lowest BCUT2D eigenvalue weighted by Gasteiger charge is -2.08. The van der Waals surface area contributed by atoms with Crippen LogP contribution in [-0.4, -0.2) is 36.6 Å². The molecule has 6 heteroatoms. The minimum absolute atomic E-state index is 0.257. The predicted octanol–water partition coefficient (Wildman–Crippen LogP) is 1.79. The van der Waals surface area contributed by atoms with Crippen molar-refractivity contribution in [3.8, 4) is 0 Å². The van der Waals surface area contributed by atoms with Crippen molar-refractivity contribution >= 4 is 23.9 Å². The Morgan fingerprint density at radius 2 is 2.29 bits per heavy atom. The lowest BCUT2D eigenvalue weighted by Crippen LogP contribution is -2.20. The predicted molar refractivity (Wildman–Crippen MR) is 79.8 cm³/mol. The molecule has 21 heavy (non-hydrogen) atoms. The fourth-order valence-corrected chi connectivity index (χ4v) is 1.33. The Morgan fingerprint density at radius 1 is 1.52 bits per heavy atom. The topological polar surface area (TPSA) is 77.3 Å². The molecule has 0 heterocycles. The minimum Gasteiger partial charge on any atom is -0.462 e. The van der Waals surface area contributed by atoms with Crippen LogP contribution in [0.4, 0.5) is 0 Å². The van der Waals surface area contributed by atoms with Crippen molar-refractivity contribution in [1.29, 1.82) is 0 Å². The molecule has 0 aromatic carbocycles. The van der Waals surface area contributed by atoms with Crippen molar-refractivity contribution < 1.29 is 19.1 Å². The van der Waals surface area contributed by atoms with Gasteiger partial charge in [-0.3, -0.25) is 0 Å². The Bertz CT molecular complexity index is 530. The zero-order valence-electron chi connectivity index (χ0n) is 12.0. The average Bonchev–Trinajstić information content (AvgIpc) is 2.47. The highest BCUT2D eigenvalue weighted by Gasteiger charge is 2.27. The number of rotatable bonds is 6. The summed E-state index contributed by atoms with van der Waals surface area (Å²) in [4.78, 5) is 23.1. The van der Waals surface area contributed by atoms with Crippen LogP contribution in [0.2, 0.25) is 0 Å². The van der Waals surface area contributed by atoms with E-state index in [4.69, 9.17) is 4.74 Å². The Kier molecular flexibility index (Phi) is 6.67. The van der Waals surface area contributed by atoms with Crippen molar-refractivity contribution in [2.24, 2.45) is 10.2 Å². The molecule has 0 aliphatic heterocycles. The largest absolute Gasteiger partial charge is 0.462 e. The first-order valence-corrected chi connectivity index (χ1v) is 6.41. The summed E-state index contributed by atoms with van der Waals surface area (Å²) in [5.74, 6) is -1.13. The van der Waals surface area contributed by atoms with Gasteiger partial charge in [-0.2, -0.15) is 0 Å². The normalized spacial score (nSPS) is 17.0. The first-order chi connectivity index (χ1) is 10.1. The molecule has 0 saturated heterocycles. The Morgan fingerprint density at radius 3 is 2.95 bits per heavy atom. The first-order valence-electron chi connectivity index (χ1n) is 6.41. The first kappa shape index (κ1) is 16.4. The van der Waals surface area contributed by atoms with Crippen LogP contribution in [0.5, 0.6) is 0 Å². The van der Waals surface area contributed by atoms with Gasteiger partial charge in [0.15, 0.2) is 5.57 Å². The van der Waals surface area contributed by atoms with Crippen LogP contribution in [0, 0.1) is 6.42 Å². The molecule has 0 fully saturated rings. The molecule has 1 rings (SSSR count). The number of carbonyl (C=O) groups excluding carboxylic acids is 2. The summed E-state index contributed by atoms with van der Waals surface area (Å²) < 4.78 is 9.81. The van der Waals surface area contributed by atoms with Crippen LogP contribution in [-0.2, 0) is 19.1 Å². The van der Waals surface area contributed by atoms with Crippen LogP contribution < -0.4 is 0 Å². The van der Waals surface area contributed by atoms with E-state index in [-0.39, 0.29) is 12.2 Å². The maximum Gasteiger partial charge on any atom is 0.399 e. The van der Waals surface area contributed by atoms with Crippen molar-refractivity contribution in [3.63, 3.8) is 0 Å². The Balaban J connectivity index is 2.79. The van der Waals surface area contributed by atoms with E-state index < -0.39 is 18.0 Å². The number of nitrogens with zero attached hydrogens (tertiary/aromatic N) is 2. The van der Waals surface area contributed by atoms with E-state index in [0.29, 0.717) is 5.71 Å². The van der Waals surface area contributed by atoms with Gasteiger partial charge >= 0.3 is 11.9 Å². The van der Waals surface area contributed by atoms with Gasteiger partial charge in [-0.25, -0.2) is 9.59 Å². The summed E-state index contributed by atoms with van der Waals surface area (Å²) in [6.07, 6.45) is 8.59. The zero-order valence-corrected chi connectivity index (χ0v) is 12.0. The molecular formula is C15H17N2O4+. The van der Waals surface area contributed by atoms with Gasteiger partial charge in [-0.1, -0.05) is 12.7 Å². The molecule has 110 valence electrons. The molecule has 1 atom stereocenters. The number of ether oxygens (including phenoxy) is 2. The van der Waals surface area contributed by atoms with E-state index in [2.05, 4.69) is 21.5 Å². The number of allylic oxidation sites excluding steroid dienone is 3. The monoisotopic (exact) mass is 289 g/mol. The van der Waals surface area contributed by atoms with Crippen LogP contribution >= 0.6 is 0 Å². The minimum atomic E-state index is -0.596. The van der Waals surface area contributed by atoms with Gasteiger partial charge in [0.05, 0.1) is 24.8 Å². The molecule has 0 spiro atoms. The van der Waals surface area contributed by atoms with Crippen molar-refractivity contribution in [3.05, 3.63) is 42.9 Å². The van der Waals surface area contributed by atoms with E-state index >= 15 is 0 Å². The third kappa shape index (κ3) is 5.48. The molecule has 1 unspecified atom stereocenters. The number of hydrogen-bond donors (Lipinski definition) is 0. The highest BCUT2D eigenvalue weighted by molar-refractivity contribution is 6.26. The summed E-state index contributed by atoms with van der Waals surface area (Å²) in [5, 5.41) is 7.42. The lowest BCUT2D eigenvalue weighted by molar-refractivity contribution is -0.140. The summed E-state index contributed by atoms with van der Waals surface area (Å²) in [6.45, 7) is 7.19. The summed E-state index contributed by atoms with van der Waals surface area (Å²) in [7, 11) is 0. The lowest BCUT2D eigenvalue weighted by atomic mass is 10.0. The molecule has 0 N–H and O–H groups in total. The maximum absolute atomic E-state index is 12.0. The second kappa shape index (κ2) is 8.52. The van der Waals surface area contributed by atoms with Crippen molar-refractivity contribution in [2.75, 3.05) is 6.61 Å². The van der Waals surface area contributed by atoms with E-state index in [1.165, 1.54) is 6.08 Å². The molecule has 1 aliphatic carbocycles. The zero-order chi connectivity index (χ0) is 15.7. The fourth-order valence-electron chi connectivity index (χ4n) is 1.33. The summed E-state index contributed by atoms with van der Waals surface area (Å²) in [6, 6.07) is 0. The fraction of sp³-hybridized carbons (Fsp3) is 0.267. The van der Waals surface area contributed by atoms with Crippen LogP contribution in [0.25, 0.3) is 0 Å². The van der Waals surface area contributed by atoms with E-state index in [0.717, 1.165) is 6.21 Å². The number of carbonyl (C=O) groups is 2. The van der Waals surface area contributed by atoms with E-state index in [9.17, 15) is 9.59 Å².